The third kappa shape index (κ3) is 4.17. The van der Waals surface area contributed by atoms with Crippen LogP contribution in [-0.4, -0.2) is 23.3 Å². The first-order valence-corrected chi connectivity index (χ1v) is 19.8. The van der Waals surface area contributed by atoms with Gasteiger partial charge in [-0.2, -0.15) is 0 Å². The van der Waals surface area contributed by atoms with Crippen molar-refractivity contribution in [3.05, 3.63) is 200 Å². The van der Waals surface area contributed by atoms with Gasteiger partial charge in [-0.25, -0.2) is 4.98 Å². The molecule has 0 aliphatic carbocycles. The van der Waals surface area contributed by atoms with Gasteiger partial charge < -0.3 is 9.13 Å². The zero-order chi connectivity index (χ0) is 37.9. The second kappa shape index (κ2) is 11.8. The summed E-state index contributed by atoms with van der Waals surface area (Å²) in [6.45, 7) is 0. The molecule has 8 aromatic carbocycles. The van der Waals surface area contributed by atoms with Crippen LogP contribution in [-0.2, 0) is 0 Å². The lowest BCUT2D eigenvalue weighted by molar-refractivity contribution is 1.01. The molecule has 0 atom stereocenters. The van der Waals surface area contributed by atoms with Gasteiger partial charge in [0.05, 0.1) is 44.1 Å². The molecule has 0 aliphatic heterocycles. The molecule has 13 rings (SSSR count). The number of fused-ring (bicyclic) bond motifs is 14. The number of hydrogen-bond donors (Lipinski definition) is 0. The van der Waals surface area contributed by atoms with Crippen LogP contribution in [0.1, 0.15) is 0 Å². The van der Waals surface area contributed by atoms with Crippen LogP contribution in [0.3, 0.4) is 0 Å². The molecule has 0 unspecified atom stereocenters. The molecule has 0 amide bonds. The van der Waals surface area contributed by atoms with Gasteiger partial charge in [-0.15, -0.1) is 0 Å². The standard InChI is InChI=1S/C53H33N5/c1-3-16-34(17-4-1)55-44-24-11-7-20-36(44)40-30-32-42-38-22-9-13-26-46(38)57(52(42)50(40)55)48-28-15-29-49(54-48)58-47-27-14-10-23-39(47)43-33-31-41-37-21-8-12-25-45(37)56(51(41)53(43)58)35-18-5-2-6-19-35/h1-33H. The summed E-state index contributed by atoms with van der Waals surface area (Å²) in [4.78, 5) is 5.69. The molecule has 0 aliphatic rings. The molecular formula is C53H33N5. The van der Waals surface area contributed by atoms with Crippen molar-refractivity contribution in [1.82, 2.24) is 23.3 Å². The summed E-state index contributed by atoms with van der Waals surface area (Å²) in [6.07, 6.45) is 0. The minimum atomic E-state index is 0.864. The van der Waals surface area contributed by atoms with Gasteiger partial charge >= 0.3 is 0 Å². The Morgan fingerprint density at radius 3 is 0.879 bits per heavy atom. The van der Waals surface area contributed by atoms with Gasteiger partial charge in [0.15, 0.2) is 0 Å². The van der Waals surface area contributed by atoms with E-state index < -0.39 is 0 Å². The highest BCUT2D eigenvalue weighted by Gasteiger charge is 2.24. The lowest BCUT2D eigenvalue weighted by atomic mass is 10.1. The van der Waals surface area contributed by atoms with Crippen LogP contribution >= 0.6 is 0 Å². The average molecular weight is 740 g/mol. The Bertz CT molecular complexity index is 3540. The average Bonchev–Trinajstić information content (AvgIpc) is 4.02. The SMILES string of the molecule is c1ccc(-n2c3ccccc3c3ccc4c5ccccc5n(-c5cccc(-n6c7ccccc7c7ccc8c9ccccc9n(-c9ccccc9)c8c76)n5)c4c32)cc1. The highest BCUT2D eigenvalue weighted by molar-refractivity contribution is 6.25. The summed E-state index contributed by atoms with van der Waals surface area (Å²) < 4.78 is 9.63. The molecule has 13 aromatic rings. The molecule has 0 bridgehead atoms. The fourth-order valence-corrected chi connectivity index (χ4v) is 9.83. The predicted molar refractivity (Wildman–Crippen MR) is 242 cm³/mol. The van der Waals surface area contributed by atoms with Gasteiger partial charge in [0.25, 0.3) is 0 Å². The summed E-state index contributed by atoms with van der Waals surface area (Å²) in [7, 11) is 0. The van der Waals surface area contributed by atoms with E-state index in [4.69, 9.17) is 4.98 Å². The Morgan fingerprint density at radius 2 is 0.517 bits per heavy atom. The van der Waals surface area contributed by atoms with Crippen molar-refractivity contribution < 1.29 is 0 Å². The van der Waals surface area contributed by atoms with Gasteiger partial charge in [-0.1, -0.05) is 140 Å². The van der Waals surface area contributed by atoms with Gasteiger partial charge in [0.2, 0.25) is 0 Å². The maximum Gasteiger partial charge on any atom is 0.140 e. The number of nitrogens with zero attached hydrogens (tertiary/aromatic N) is 5. The normalized spacial score (nSPS) is 12.1. The topological polar surface area (TPSA) is 32.6 Å². The van der Waals surface area contributed by atoms with E-state index in [1.54, 1.807) is 0 Å². The van der Waals surface area contributed by atoms with E-state index in [9.17, 15) is 0 Å². The molecule has 0 saturated carbocycles. The van der Waals surface area contributed by atoms with Crippen molar-refractivity contribution in [2.45, 2.75) is 0 Å². The smallest absolute Gasteiger partial charge is 0.140 e. The molecule has 5 aromatic heterocycles. The summed E-state index contributed by atoms with van der Waals surface area (Å²) >= 11 is 0. The zero-order valence-corrected chi connectivity index (χ0v) is 31.3. The van der Waals surface area contributed by atoms with Crippen LogP contribution in [0, 0.1) is 0 Å². The van der Waals surface area contributed by atoms with Crippen LogP contribution in [0.5, 0.6) is 0 Å². The molecule has 0 spiro atoms. The monoisotopic (exact) mass is 739 g/mol. The van der Waals surface area contributed by atoms with Crippen molar-refractivity contribution in [2.24, 2.45) is 0 Å². The highest BCUT2D eigenvalue weighted by Crippen LogP contribution is 2.44. The van der Waals surface area contributed by atoms with E-state index >= 15 is 0 Å². The van der Waals surface area contributed by atoms with E-state index in [1.807, 2.05) is 0 Å². The van der Waals surface area contributed by atoms with Crippen molar-refractivity contribution in [2.75, 3.05) is 0 Å². The fourth-order valence-electron chi connectivity index (χ4n) is 9.83. The molecule has 0 saturated heterocycles. The minimum Gasteiger partial charge on any atom is -0.307 e. The molecule has 0 fully saturated rings. The molecule has 58 heavy (non-hydrogen) atoms. The van der Waals surface area contributed by atoms with Gasteiger partial charge in [0.1, 0.15) is 11.6 Å². The van der Waals surface area contributed by atoms with E-state index in [0.717, 1.165) is 45.1 Å². The maximum absolute atomic E-state index is 5.69. The van der Waals surface area contributed by atoms with Crippen LogP contribution in [0.2, 0.25) is 0 Å². The molecule has 0 radical (unpaired) electrons. The molecule has 5 nitrogen and oxygen atoms in total. The van der Waals surface area contributed by atoms with Gasteiger partial charge in [0, 0.05) is 54.5 Å². The third-order valence-electron chi connectivity index (χ3n) is 12.1. The second-order valence-electron chi connectivity index (χ2n) is 15.2. The van der Waals surface area contributed by atoms with Crippen molar-refractivity contribution in [3.63, 3.8) is 0 Å². The van der Waals surface area contributed by atoms with Crippen LogP contribution < -0.4 is 0 Å². The lowest BCUT2D eigenvalue weighted by Crippen LogP contribution is -2.05. The first kappa shape index (κ1) is 31.3. The van der Waals surface area contributed by atoms with E-state index in [2.05, 4.69) is 218 Å². The van der Waals surface area contributed by atoms with Crippen molar-refractivity contribution in [1.29, 1.82) is 0 Å². The Balaban J connectivity index is 1.17. The molecule has 5 heteroatoms. The molecule has 270 valence electrons. The second-order valence-corrected chi connectivity index (χ2v) is 15.2. The van der Waals surface area contributed by atoms with E-state index in [0.29, 0.717) is 0 Å². The number of aromatic nitrogens is 5. The number of pyridine rings is 1. The first-order chi connectivity index (χ1) is 28.8. The Labute approximate surface area is 332 Å². The Kier molecular flexibility index (Phi) is 6.38. The Morgan fingerprint density at radius 1 is 0.224 bits per heavy atom. The number of hydrogen-bond acceptors (Lipinski definition) is 1. The van der Waals surface area contributed by atoms with Gasteiger partial charge in [-0.3, -0.25) is 9.13 Å². The predicted octanol–water partition coefficient (Wildman–Crippen LogP) is 13.5. The van der Waals surface area contributed by atoms with E-state index in [1.165, 1.54) is 65.2 Å². The van der Waals surface area contributed by atoms with Crippen molar-refractivity contribution in [3.8, 4) is 23.0 Å². The van der Waals surface area contributed by atoms with Crippen LogP contribution in [0.4, 0.5) is 0 Å². The number of benzene rings is 8. The summed E-state index contributed by atoms with van der Waals surface area (Å²) in [5, 5.41) is 9.67. The molecular weight excluding hydrogens is 707 g/mol. The largest absolute Gasteiger partial charge is 0.307 e. The summed E-state index contributed by atoms with van der Waals surface area (Å²) in [6, 6.07) is 72.2. The van der Waals surface area contributed by atoms with Gasteiger partial charge in [-0.05, 0) is 60.7 Å². The quantitative estimate of drug-likeness (QED) is 0.177. The Hall–Kier alpha value is -7.89. The molecule has 5 heterocycles. The zero-order valence-electron chi connectivity index (χ0n) is 31.3. The highest BCUT2D eigenvalue weighted by atomic mass is 15.2. The maximum atomic E-state index is 5.69. The van der Waals surface area contributed by atoms with Crippen LogP contribution in [0.15, 0.2) is 200 Å². The van der Waals surface area contributed by atoms with E-state index in [-0.39, 0.29) is 0 Å². The summed E-state index contributed by atoms with van der Waals surface area (Å²) in [5.74, 6) is 1.73. The molecule has 0 N–H and O–H groups in total. The minimum absolute atomic E-state index is 0.864. The lowest BCUT2D eigenvalue weighted by Gasteiger charge is -2.14. The fraction of sp³-hybridized carbons (Fsp3) is 0. The number of rotatable bonds is 4. The first-order valence-electron chi connectivity index (χ1n) is 19.8. The van der Waals surface area contributed by atoms with Crippen molar-refractivity contribution >= 4 is 87.2 Å². The third-order valence-corrected chi connectivity index (χ3v) is 12.1. The number of para-hydroxylation sites is 6. The van der Waals surface area contributed by atoms with Crippen LogP contribution in [0.25, 0.3) is 110 Å². The summed E-state index contributed by atoms with van der Waals surface area (Å²) in [5.41, 5.74) is 11.5.